The molecule has 0 aromatic heterocycles. The van der Waals surface area contributed by atoms with Crippen molar-refractivity contribution in [1.82, 2.24) is 4.90 Å². The van der Waals surface area contributed by atoms with E-state index < -0.39 is 0 Å². The third kappa shape index (κ3) is 4.53. The first-order chi connectivity index (χ1) is 8.58. The molecular weight excluding hydrogens is 268 g/mol. The van der Waals surface area contributed by atoms with E-state index in [1.807, 2.05) is 12.1 Å². The number of hydrogen-bond acceptors (Lipinski definition) is 3. The van der Waals surface area contributed by atoms with Crippen LogP contribution in [0.15, 0.2) is 18.2 Å². The van der Waals surface area contributed by atoms with Gasteiger partial charge < -0.3 is 10.8 Å². The Hall–Kier alpha value is -0.680. The highest BCUT2D eigenvalue weighted by Crippen LogP contribution is 2.19. The third-order valence-corrected chi connectivity index (χ3v) is 3.40. The molecule has 0 unspecified atom stereocenters. The van der Waals surface area contributed by atoms with Gasteiger partial charge in [0.2, 0.25) is 0 Å². The fourth-order valence-electron chi connectivity index (χ4n) is 1.71. The lowest BCUT2D eigenvalue weighted by atomic mass is 10.1. The molecule has 1 aromatic rings. The van der Waals surface area contributed by atoms with E-state index in [-0.39, 0.29) is 6.61 Å². The van der Waals surface area contributed by atoms with Crippen molar-refractivity contribution in [3.63, 3.8) is 0 Å². The molecule has 3 N–H and O–H groups in total. The minimum Gasteiger partial charge on any atom is -0.396 e. The average Bonchev–Trinajstić information content (AvgIpc) is 2.35. The van der Waals surface area contributed by atoms with Gasteiger partial charge in [-0.3, -0.25) is 4.90 Å². The molecule has 1 rings (SSSR count). The Labute approximate surface area is 119 Å². The van der Waals surface area contributed by atoms with Gasteiger partial charge in [0, 0.05) is 30.3 Å². The van der Waals surface area contributed by atoms with E-state index in [9.17, 15) is 0 Å². The first-order valence-electron chi connectivity index (χ1n) is 6.00. The van der Waals surface area contributed by atoms with Crippen LogP contribution >= 0.6 is 23.8 Å². The number of rotatable bonds is 7. The zero-order valence-corrected chi connectivity index (χ0v) is 12.1. The van der Waals surface area contributed by atoms with Gasteiger partial charge >= 0.3 is 0 Å². The molecule has 0 radical (unpaired) electrons. The summed E-state index contributed by atoms with van der Waals surface area (Å²) < 4.78 is 0. The van der Waals surface area contributed by atoms with Crippen molar-refractivity contribution in [2.75, 3.05) is 19.7 Å². The van der Waals surface area contributed by atoms with E-state index in [0.29, 0.717) is 10.0 Å². The normalized spacial score (nSPS) is 10.9. The average molecular weight is 287 g/mol. The van der Waals surface area contributed by atoms with Crippen molar-refractivity contribution < 1.29 is 5.11 Å². The number of halogens is 1. The fourth-order valence-corrected chi connectivity index (χ4v) is 2.08. The maximum Gasteiger partial charge on any atom is 0.104 e. The quantitative estimate of drug-likeness (QED) is 0.755. The van der Waals surface area contributed by atoms with Gasteiger partial charge in [-0.15, -0.1) is 0 Å². The number of hydrogen-bond donors (Lipinski definition) is 2. The van der Waals surface area contributed by atoms with Gasteiger partial charge in [-0.1, -0.05) is 42.9 Å². The first-order valence-corrected chi connectivity index (χ1v) is 6.78. The lowest BCUT2D eigenvalue weighted by Crippen LogP contribution is -2.25. The zero-order chi connectivity index (χ0) is 13.5. The number of aliphatic hydroxyl groups excluding tert-OH is 1. The maximum absolute atomic E-state index is 8.85. The molecule has 1 aromatic carbocycles. The van der Waals surface area contributed by atoms with Gasteiger partial charge in [0.25, 0.3) is 0 Å². The molecule has 0 aliphatic carbocycles. The summed E-state index contributed by atoms with van der Waals surface area (Å²) in [7, 11) is 0. The molecule has 100 valence electrons. The van der Waals surface area contributed by atoms with E-state index in [0.717, 1.165) is 37.2 Å². The van der Waals surface area contributed by atoms with E-state index in [4.69, 9.17) is 34.7 Å². The summed E-state index contributed by atoms with van der Waals surface area (Å²) in [6.45, 7) is 4.86. The molecule has 5 heteroatoms. The Bertz CT molecular complexity index is 412. The van der Waals surface area contributed by atoms with Crippen LogP contribution in [0, 0.1) is 0 Å². The van der Waals surface area contributed by atoms with Gasteiger partial charge in [-0.2, -0.15) is 0 Å². The van der Waals surface area contributed by atoms with Gasteiger partial charge in [-0.25, -0.2) is 0 Å². The number of nitrogens with zero attached hydrogens (tertiary/aromatic N) is 1. The van der Waals surface area contributed by atoms with E-state index in [2.05, 4.69) is 11.8 Å². The molecule has 0 aliphatic rings. The Morgan fingerprint density at radius 3 is 2.72 bits per heavy atom. The van der Waals surface area contributed by atoms with Gasteiger partial charge in [0.15, 0.2) is 0 Å². The van der Waals surface area contributed by atoms with E-state index >= 15 is 0 Å². The maximum atomic E-state index is 8.85. The molecular formula is C13H19ClN2OS. The van der Waals surface area contributed by atoms with Gasteiger partial charge in [-0.05, 0) is 24.6 Å². The summed E-state index contributed by atoms with van der Waals surface area (Å²) in [5, 5.41) is 9.53. The van der Waals surface area contributed by atoms with Crippen LogP contribution in [0.4, 0.5) is 0 Å². The smallest absolute Gasteiger partial charge is 0.104 e. The van der Waals surface area contributed by atoms with E-state index in [1.165, 1.54) is 0 Å². The van der Waals surface area contributed by atoms with Crippen LogP contribution in [0.5, 0.6) is 0 Å². The Morgan fingerprint density at radius 2 is 2.22 bits per heavy atom. The second kappa shape index (κ2) is 7.69. The highest BCUT2D eigenvalue weighted by atomic mass is 35.5. The second-order valence-corrected chi connectivity index (χ2v) is 4.96. The van der Waals surface area contributed by atoms with Crippen LogP contribution in [0.1, 0.15) is 24.5 Å². The summed E-state index contributed by atoms with van der Waals surface area (Å²) >= 11 is 11.1. The van der Waals surface area contributed by atoms with Gasteiger partial charge in [0.05, 0.1) is 0 Å². The number of benzene rings is 1. The molecule has 0 heterocycles. The summed E-state index contributed by atoms with van der Waals surface area (Å²) in [5.41, 5.74) is 7.40. The van der Waals surface area contributed by atoms with Crippen LogP contribution in [-0.4, -0.2) is 34.7 Å². The molecule has 0 amide bonds. The molecule has 0 aliphatic heterocycles. The molecule has 18 heavy (non-hydrogen) atoms. The van der Waals surface area contributed by atoms with Crippen molar-refractivity contribution in [2.24, 2.45) is 5.73 Å². The summed E-state index contributed by atoms with van der Waals surface area (Å²) in [5.74, 6) is 0. The standard InChI is InChI=1S/C13H19ClN2OS/c1-2-16(6-3-7-17)9-11-5-4-10(13(15)18)8-12(11)14/h4-5,8,17H,2-3,6-7,9H2,1H3,(H2,15,18). The molecule has 0 saturated heterocycles. The first kappa shape index (κ1) is 15.4. The monoisotopic (exact) mass is 286 g/mol. The van der Waals surface area contributed by atoms with Crippen molar-refractivity contribution >= 4 is 28.8 Å². The predicted molar refractivity (Wildman–Crippen MR) is 80.0 cm³/mol. The summed E-state index contributed by atoms with van der Waals surface area (Å²) in [6, 6.07) is 5.65. The predicted octanol–water partition coefficient (Wildman–Crippen LogP) is 2.18. The SMILES string of the molecule is CCN(CCCO)Cc1ccc(C(N)=S)cc1Cl. The lowest BCUT2D eigenvalue weighted by Gasteiger charge is -2.20. The third-order valence-electron chi connectivity index (χ3n) is 2.81. The van der Waals surface area contributed by atoms with Crippen molar-refractivity contribution in [3.8, 4) is 0 Å². The van der Waals surface area contributed by atoms with Crippen LogP contribution in [0.3, 0.4) is 0 Å². The highest BCUT2D eigenvalue weighted by molar-refractivity contribution is 7.80. The van der Waals surface area contributed by atoms with Crippen LogP contribution in [-0.2, 0) is 6.54 Å². The number of thiocarbonyl (C=S) groups is 1. The molecule has 0 atom stereocenters. The minimum absolute atomic E-state index is 0.213. The van der Waals surface area contributed by atoms with Crippen molar-refractivity contribution in [1.29, 1.82) is 0 Å². The van der Waals surface area contributed by atoms with Crippen molar-refractivity contribution in [2.45, 2.75) is 19.9 Å². The molecule has 0 saturated carbocycles. The molecule has 0 bridgehead atoms. The van der Waals surface area contributed by atoms with Gasteiger partial charge in [0.1, 0.15) is 4.99 Å². The number of nitrogens with two attached hydrogens (primary N) is 1. The fraction of sp³-hybridized carbons (Fsp3) is 0.462. The lowest BCUT2D eigenvalue weighted by molar-refractivity contribution is 0.225. The second-order valence-electron chi connectivity index (χ2n) is 4.12. The molecule has 3 nitrogen and oxygen atoms in total. The van der Waals surface area contributed by atoms with Crippen molar-refractivity contribution in [3.05, 3.63) is 34.3 Å². The Balaban J connectivity index is 2.74. The summed E-state index contributed by atoms with van der Waals surface area (Å²) in [4.78, 5) is 2.59. The largest absolute Gasteiger partial charge is 0.396 e. The van der Waals surface area contributed by atoms with Crippen LogP contribution in [0.2, 0.25) is 5.02 Å². The topological polar surface area (TPSA) is 49.5 Å². The van der Waals surface area contributed by atoms with Crippen LogP contribution < -0.4 is 5.73 Å². The molecule has 0 fully saturated rings. The Morgan fingerprint density at radius 1 is 1.50 bits per heavy atom. The Kier molecular flexibility index (Phi) is 6.57. The highest BCUT2D eigenvalue weighted by Gasteiger charge is 2.08. The van der Waals surface area contributed by atoms with E-state index in [1.54, 1.807) is 6.07 Å². The zero-order valence-electron chi connectivity index (χ0n) is 10.5. The summed E-state index contributed by atoms with van der Waals surface area (Å²) in [6.07, 6.45) is 0.774. The van der Waals surface area contributed by atoms with Crippen LogP contribution in [0.25, 0.3) is 0 Å². The number of aliphatic hydroxyl groups is 1. The molecule has 0 spiro atoms. The minimum atomic E-state index is 0.213.